The van der Waals surface area contributed by atoms with E-state index in [1.165, 1.54) is 5.57 Å². The van der Waals surface area contributed by atoms with Crippen molar-refractivity contribution in [2.75, 3.05) is 6.54 Å². The number of allylic oxidation sites excluding steroid dienone is 2. The van der Waals surface area contributed by atoms with E-state index in [0.29, 0.717) is 31.2 Å². The molecule has 0 spiro atoms. The van der Waals surface area contributed by atoms with Crippen LogP contribution in [0.25, 0.3) is 0 Å². The van der Waals surface area contributed by atoms with Crippen molar-refractivity contribution in [2.24, 2.45) is 50.2 Å². The summed E-state index contributed by atoms with van der Waals surface area (Å²) in [6.07, 6.45) is 13.2. The summed E-state index contributed by atoms with van der Waals surface area (Å²) < 4.78 is 6.10. The Labute approximate surface area is 282 Å². The number of carboxylic acid groups (broad SMARTS) is 2. The highest BCUT2D eigenvalue weighted by Gasteiger charge is 2.69. The second kappa shape index (κ2) is 12.5. The minimum Gasteiger partial charge on any atom is -0.481 e. The Balaban J connectivity index is 1.40. The standard InChI is InChI=1S/C39H61NO7/c1-34(2)19-21-39(33(46)40-23-9-11-31(43)44)22-20-37(6)25(26(39)24-34)13-14-28-36(5)17-16-29(47-32(45)12-8-10-30(41)42)35(3,4)27(36)15-18-38(28,37)7/h13,26-29H,8-12,14-24H2,1-7H3,(H,40,46)(H,41,42)(H,43,44)/t26?,27?,28?,29-,36-,37+,38+,39-/m0/s1. The van der Waals surface area contributed by atoms with Gasteiger partial charge < -0.3 is 20.3 Å². The number of aliphatic carboxylic acids is 2. The Morgan fingerprint density at radius 2 is 1.47 bits per heavy atom. The molecule has 3 N–H and O–H groups in total. The molecule has 8 heteroatoms. The van der Waals surface area contributed by atoms with Crippen molar-refractivity contribution in [3.8, 4) is 0 Å². The lowest BCUT2D eigenvalue weighted by molar-refractivity contribution is -0.213. The number of hydrogen-bond donors (Lipinski definition) is 3. The van der Waals surface area contributed by atoms with Crippen LogP contribution in [0.5, 0.6) is 0 Å². The van der Waals surface area contributed by atoms with Crippen LogP contribution in [-0.2, 0) is 23.9 Å². The number of fused-ring (bicyclic) bond motifs is 7. The van der Waals surface area contributed by atoms with Gasteiger partial charge in [0.2, 0.25) is 5.91 Å². The van der Waals surface area contributed by atoms with Crippen LogP contribution >= 0.6 is 0 Å². The van der Waals surface area contributed by atoms with Crippen molar-refractivity contribution in [1.29, 1.82) is 0 Å². The molecule has 264 valence electrons. The second-order valence-corrected chi connectivity index (χ2v) is 18.2. The van der Waals surface area contributed by atoms with Crippen LogP contribution < -0.4 is 5.32 Å². The van der Waals surface area contributed by atoms with Crippen LogP contribution in [0.2, 0.25) is 0 Å². The first kappa shape index (κ1) is 35.9. The summed E-state index contributed by atoms with van der Waals surface area (Å²) in [6, 6.07) is 0. The molecule has 0 aromatic carbocycles. The summed E-state index contributed by atoms with van der Waals surface area (Å²) in [5.41, 5.74) is 1.23. The fourth-order valence-corrected chi connectivity index (χ4v) is 12.1. The Hall–Kier alpha value is -2.38. The van der Waals surface area contributed by atoms with E-state index in [4.69, 9.17) is 14.9 Å². The molecule has 0 aromatic rings. The third-order valence-electron chi connectivity index (χ3n) is 14.9. The zero-order chi connectivity index (χ0) is 34.6. The van der Waals surface area contributed by atoms with Gasteiger partial charge in [-0.25, -0.2) is 0 Å². The van der Waals surface area contributed by atoms with E-state index >= 15 is 0 Å². The van der Waals surface area contributed by atoms with Gasteiger partial charge in [0, 0.05) is 31.2 Å². The quantitative estimate of drug-likeness (QED) is 0.124. The first-order chi connectivity index (χ1) is 21.8. The molecule has 5 aliphatic carbocycles. The monoisotopic (exact) mass is 655 g/mol. The predicted octanol–water partition coefficient (Wildman–Crippen LogP) is 7.94. The number of carbonyl (C=O) groups excluding carboxylic acids is 2. The van der Waals surface area contributed by atoms with E-state index in [2.05, 4.69) is 59.9 Å². The van der Waals surface area contributed by atoms with Gasteiger partial charge in [0.25, 0.3) is 0 Å². The summed E-state index contributed by atoms with van der Waals surface area (Å²) >= 11 is 0. The molecular formula is C39H61NO7. The summed E-state index contributed by atoms with van der Waals surface area (Å²) in [5.74, 6) is -0.770. The van der Waals surface area contributed by atoms with Crippen molar-refractivity contribution < 1.29 is 34.1 Å². The van der Waals surface area contributed by atoms with Gasteiger partial charge in [0.1, 0.15) is 6.10 Å². The van der Waals surface area contributed by atoms with Gasteiger partial charge in [0.05, 0.1) is 5.41 Å². The van der Waals surface area contributed by atoms with Crippen LogP contribution in [0.3, 0.4) is 0 Å². The summed E-state index contributed by atoms with van der Waals surface area (Å²) in [6.45, 7) is 17.3. The Bertz CT molecular complexity index is 1300. The fraction of sp³-hybridized carbons (Fsp3) is 0.846. The molecule has 0 aromatic heterocycles. The Morgan fingerprint density at radius 1 is 0.809 bits per heavy atom. The lowest BCUT2D eigenvalue weighted by atomic mass is 9.33. The maximum atomic E-state index is 14.1. The van der Waals surface area contributed by atoms with Crippen molar-refractivity contribution in [1.82, 2.24) is 5.32 Å². The zero-order valence-corrected chi connectivity index (χ0v) is 30.1. The summed E-state index contributed by atoms with van der Waals surface area (Å²) in [4.78, 5) is 48.9. The normalized spacial score (nSPS) is 39.9. The minimum absolute atomic E-state index is 0.00727. The van der Waals surface area contributed by atoms with E-state index in [1.54, 1.807) is 0 Å². The Kier molecular flexibility index (Phi) is 9.55. The van der Waals surface area contributed by atoms with Crippen molar-refractivity contribution in [3.05, 3.63) is 11.6 Å². The number of carboxylic acids is 2. The third kappa shape index (κ3) is 6.06. The predicted molar refractivity (Wildman–Crippen MR) is 180 cm³/mol. The lowest BCUT2D eigenvalue weighted by Crippen LogP contribution is -2.65. The average Bonchev–Trinajstić information content (AvgIpc) is 2.96. The van der Waals surface area contributed by atoms with Gasteiger partial charge in [-0.2, -0.15) is 0 Å². The largest absolute Gasteiger partial charge is 0.481 e. The van der Waals surface area contributed by atoms with Gasteiger partial charge in [-0.3, -0.25) is 19.2 Å². The van der Waals surface area contributed by atoms with Gasteiger partial charge >= 0.3 is 17.9 Å². The van der Waals surface area contributed by atoms with Crippen LogP contribution in [0.1, 0.15) is 145 Å². The van der Waals surface area contributed by atoms with E-state index < -0.39 is 17.4 Å². The number of nitrogens with one attached hydrogen (secondary N) is 1. The van der Waals surface area contributed by atoms with Crippen molar-refractivity contribution >= 4 is 23.8 Å². The van der Waals surface area contributed by atoms with Crippen molar-refractivity contribution in [3.63, 3.8) is 0 Å². The third-order valence-corrected chi connectivity index (χ3v) is 14.9. The maximum absolute atomic E-state index is 14.1. The molecular weight excluding hydrogens is 594 g/mol. The highest BCUT2D eigenvalue weighted by atomic mass is 16.5. The molecule has 0 radical (unpaired) electrons. The molecule has 4 saturated carbocycles. The first-order valence-corrected chi connectivity index (χ1v) is 18.4. The van der Waals surface area contributed by atoms with Crippen LogP contribution in [0.4, 0.5) is 0 Å². The van der Waals surface area contributed by atoms with Crippen molar-refractivity contribution in [2.45, 2.75) is 151 Å². The number of esters is 1. The Morgan fingerprint density at radius 3 is 2.15 bits per heavy atom. The minimum atomic E-state index is -0.887. The summed E-state index contributed by atoms with van der Waals surface area (Å²) in [7, 11) is 0. The fourth-order valence-electron chi connectivity index (χ4n) is 12.1. The number of hydrogen-bond acceptors (Lipinski definition) is 5. The molecule has 4 fully saturated rings. The van der Waals surface area contributed by atoms with E-state index in [1.807, 2.05) is 0 Å². The van der Waals surface area contributed by atoms with Gasteiger partial charge in [0.15, 0.2) is 0 Å². The van der Waals surface area contributed by atoms with E-state index in [9.17, 15) is 19.2 Å². The molecule has 47 heavy (non-hydrogen) atoms. The van der Waals surface area contributed by atoms with E-state index in [-0.39, 0.29) is 70.2 Å². The molecule has 0 bridgehead atoms. The first-order valence-electron chi connectivity index (χ1n) is 18.4. The number of amides is 1. The number of rotatable bonds is 10. The van der Waals surface area contributed by atoms with Gasteiger partial charge in [-0.1, -0.05) is 60.1 Å². The molecule has 0 saturated heterocycles. The molecule has 0 aliphatic heterocycles. The molecule has 8 atom stereocenters. The molecule has 1 amide bonds. The molecule has 0 heterocycles. The van der Waals surface area contributed by atoms with Gasteiger partial charge in [-0.15, -0.1) is 0 Å². The van der Waals surface area contributed by atoms with Crippen LogP contribution in [0.15, 0.2) is 11.6 Å². The molecule has 3 unspecified atom stereocenters. The SMILES string of the molecule is CC1(C)CC[C@]2(C(=O)NCCCC(=O)O)CC[C@]3(C)C(=CCC4[C@@]5(C)CC[C@H](OC(=O)CCCC(=O)O)C(C)(C)C5CC[C@]43C)C2C1. The number of ether oxygens (including phenoxy) is 1. The molecule has 5 aliphatic rings. The topological polar surface area (TPSA) is 130 Å². The lowest BCUT2D eigenvalue weighted by Gasteiger charge is -2.71. The van der Waals surface area contributed by atoms with Crippen LogP contribution in [-0.4, -0.2) is 46.7 Å². The maximum Gasteiger partial charge on any atom is 0.306 e. The average molecular weight is 656 g/mol. The smallest absolute Gasteiger partial charge is 0.306 e. The van der Waals surface area contributed by atoms with Gasteiger partial charge in [-0.05, 0) is 116 Å². The number of carbonyl (C=O) groups is 4. The zero-order valence-electron chi connectivity index (χ0n) is 30.1. The summed E-state index contributed by atoms with van der Waals surface area (Å²) in [5, 5.41) is 21.3. The van der Waals surface area contributed by atoms with E-state index in [0.717, 1.165) is 64.2 Å². The molecule has 8 nitrogen and oxygen atoms in total. The highest BCUT2D eigenvalue weighted by Crippen LogP contribution is 2.75. The molecule has 5 rings (SSSR count). The van der Waals surface area contributed by atoms with Crippen LogP contribution in [0, 0.1) is 50.2 Å². The highest BCUT2D eigenvalue weighted by molar-refractivity contribution is 5.84. The second-order valence-electron chi connectivity index (χ2n) is 18.2.